The first-order valence-corrected chi connectivity index (χ1v) is 11.0. The number of anilines is 1. The molecule has 0 aliphatic heterocycles. The number of rotatable bonds is 8. The Morgan fingerprint density at radius 2 is 2.00 bits per heavy atom. The topological polar surface area (TPSA) is 108 Å². The molecule has 0 aliphatic rings. The Kier molecular flexibility index (Phi) is 6.96. The maximum Gasteiger partial charge on any atom is 0.358 e. The molecule has 0 radical (unpaired) electrons. The lowest BCUT2D eigenvalue weighted by molar-refractivity contribution is -0.119. The van der Waals surface area contributed by atoms with Crippen LogP contribution in [0, 0.1) is 6.92 Å². The van der Waals surface area contributed by atoms with Crippen LogP contribution in [0.1, 0.15) is 21.1 Å². The van der Waals surface area contributed by atoms with Crippen LogP contribution in [-0.2, 0) is 16.1 Å². The predicted octanol–water partition coefficient (Wildman–Crippen LogP) is 4.06. The van der Waals surface area contributed by atoms with Gasteiger partial charge in [-0.1, -0.05) is 29.3 Å². The van der Waals surface area contributed by atoms with Crippen molar-refractivity contribution in [3.8, 4) is 11.4 Å². The Balaban J connectivity index is 1.31. The molecule has 11 heteroatoms. The SMILES string of the molecule is Cc1ccc(OCc2nc(C(=O)OCC(=O)Nc3cc(Cl)ccc3-n3cncn3)cs2)cc1. The van der Waals surface area contributed by atoms with Crippen molar-refractivity contribution in [3.63, 3.8) is 0 Å². The minimum absolute atomic E-state index is 0.112. The third kappa shape index (κ3) is 5.93. The summed E-state index contributed by atoms with van der Waals surface area (Å²) in [4.78, 5) is 32.8. The van der Waals surface area contributed by atoms with Crippen LogP contribution >= 0.6 is 22.9 Å². The van der Waals surface area contributed by atoms with Crippen LogP contribution in [0.5, 0.6) is 5.75 Å². The van der Waals surface area contributed by atoms with Crippen molar-refractivity contribution in [2.45, 2.75) is 13.5 Å². The number of benzene rings is 2. The number of ether oxygens (including phenoxy) is 2. The zero-order valence-corrected chi connectivity index (χ0v) is 19.0. The van der Waals surface area contributed by atoms with Gasteiger partial charge in [0.15, 0.2) is 12.3 Å². The average Bonchev–Trinajstić information content (AvgIpc) is 3.50. The number of thiazole rings is 1. The van der Waals surface area contributed by atoms with Gasteiger partial charge in [-0.25, -0.2) is 19.4 Å². The normalized spacial score (nSPS) is 10.6. The predicted molar refractivity (Wildman–Crippen MR) is 123 cm³/mol. The zero-order valence-electron chi connectivity index (χ0n) is 17.4. The van der Waals surface area contributed by atoms with Crippen molar-refractivity contribution < 1.29 is 19.1 Å². The molecule has 1 N–H and O–H groups in total. The highest BCUT2D eigenvalue weighted by atomic mass is 35.5. The number of nitrogens with zero attached hydrogens (tertiary/aromatic N) is 4. The van der Waals surface area contributed by atoms with Crippen LogP contribution in [0.15, 0.2) is 60.5 Å². The second kappa shape index (κ2) is 10.2. The van der Waals surface area contributed by atoms with E-state index < -0.39 is 18.5 Å². The number of aryl methyl sites for hydroxylation is 1. The molecule has 0 unspecified atom stereocenters. The average molecular weight is 484 g/mol. The van der Waals surface area contributed by atoms with E-state index >= 15 is 0 Å². The quantitative estimate of drug-likeness (QED) is 0.376. The van der Waals surface area contributed by atoms with Gasteiger partial charge in [-0.05, 0) is 37.3 Å². The molecule has 0 bridgehead atoms. The highest BCUT2D eigenvalue weighted by molar-refractivity contribution is 7.09. The first-order valence-electron chi connectivity index (χ1n) is 9.73. The lowest BCUT2D eigenvalue weighted by atomic mass is 10.2. The van der Waals surface area contributed by atoms with Gasteiger partial charge in [-0.3, -0.25) is 4.79 Å². The Labute approximate surface area is 198 Å². The van der Waals surface area contributed by atoms with Crippen LogP contribution in [0.2, 0.25) is 5.02 Å². The van der Waals surface area contributed by atoms with Crippen LogP contribution in [-0.4, -0.2) is 38.2 Å². The molecule has 0 spiro atoms. The monoisotopic (exact) mass is 483 g/mol. The molecule has 168 valence electrons. The Hall–Kier alpha value is -3.76. The summed E-state index contributed by atoms with van der Waals surface area (Å²) in [7, 11) is 0. The largest absolute Gasteiger partial charge is 0.486 e. The molecule has 9 nitrogen and oxygen atoms in total. The number of esters is 1. The summed E-state index contributed by atoms with van der Waals surface area (Å²) in [5.41, 5.74) is 2.21. The second-order valence-electron chi connectivity index (χ2n) is 6.85. The molecule has 1 amide bonds. The van der Waals surface area contributed by atoms with E-state index in [2.05, 4.69) is 20.4 Å². The highest BCUT2D eigenvalue weighted by Gasteiger charge is 2.16. The standard InChI is InChI=1S/C22H18ClN5O4S/c1-14-2-5-16(6-3-14)31-10-21-27-18(11-33-21)22(30)32-9-20(29)26-17-8-15(23)4-7-19(17)28-13-24-12-25-28/h2-8,11-13H,9-10H2,1H3,(H,26,29). The molecule has 33 heavy (non-hydrogen) atoms. The minimum atomic E-state index is -0.703. The van der Waals surface area contributed by atoms with Gasteiger partial charge in [0.25, 0.3) is 5.91 Å². The van der Waals surface area contributed by atoms with Crippen molar-refractivity contribution >= 4 is 40.5 Å². The van der Waals surface area contributed by atoms with E-state index in [-0.39, 0.29) is 12.3 Å². The first-order chi connectivity index (χ1) is 16.0. The van der Waals surface area contributed by atoms with Gasteiger partial charge in [0.1, 0.15) is 30.0 Å². The molecule has 0 aliphatic carbocycles. The van der Waals surface area contributed by atoms with Gasteiger partial charge in [-0.15, -0.1) is 11.3 Å². The highest BCUT2D eigenvalue weighted by Crippen LogP contribution is 2.24. The summed E-state index contributed by atoms with van der Waals surface area (Å²) in [5, 5.41) is 9.32. The van der Waals surface area contributed by atoms with E-state index in [0.717, 1.165) is 5.56 Å². The fourth-order valence-electron chi connectivity index (χ4n) is 2.78. The molecule has 0 saturated carbocycles. The molecule has 0 atom stereocenters. The lowest BCUT2D eigenvalue weighted by Crippen LogP contribution is -2.22. The summed E-state index contributed by atoms with van der Waals surface area (Å²) >= 11 is 7.32. The summed E-state index contributed by atoms with van der Waals surface area (Å²) in [5.74, 6) is -0.529. The van der Waals surface area contributed by atoms with E-state index in [4.69, 9.17) is 21.1 Å². The van der Waals surface area contributed by atoms with E-state index in [1.807, 2.05) is 31.2 Å². The fourth-order valence-corrected chi connectivity index (χ4v) is 3.63. The molecule has 4 rings (SSSR count). The van der Waals surface area contributed by atoms with Crippen LogP contribution in [0.4, 0.5) is 5.69 Å². The van der Waals surface area contributed by atoms with Gasteiger partial charge in [0.2, 0.25) is 0 Å². The van der Waals surface area contributed by atoms with Gasteiger partial charge >= 0.3 is 5.97 Å². The number of aromatic nitrogens is 4. The third-order valence-corrected chi connectivity index (χ3v) is 5.43. The number of halogens is 1. The number of hydrogen-bond acceptors (Lipinski definition) is 8. The molecule has 2 aromatic carbocycles. The first kappa shape index (κ1) is 22.4. The van der Waals surface area contributed by atoms with Gasteiger partial charge in [0.05, 0.1) is 11.4 Å². The van der Waals surface area contributed by atoms with E-state index in [9.17, 15) is 9.59 Å². The van der Waals surface area contributed by atoms with Gasteiger partial charge < -0.3 is 14.8 Å². The minimum Gasteiger partial charge on any atom is -0.486 e. The number of nitrogens with one attached hydrogen (secondary N) is 1. The van der Waals surface area contributed by atoms with Crippen LogP contribution in [0.25, 0.3) is 5.69 Å². The smallest absolute Gasteiger partial charge is 0.358 e. The van der Waals surface area contributed by atoms with Crippen molar-refractivity contribution in [3.05, 3.63) is 81.8 Å². The van der Waals surface area contributed by atoms with Crippen molar-refractivity contribution in [1.29, 1.82) is 0 Å². The van der Waals surface area contributed by atoms with E-state index in [1.165, 1.54) is 28.7 Å². The second-order valence-corrected chi connectivity index (χ2v) is 8.23. The number of hydrogen-bond donors (Lipinski definition) is 1. The summed E-state index contributed by atoms with van der Waals surface area (Å²) in [6.45, 7) is 1.73. The van der Waals surface area contributed by atoms with Crippen molar-refractivity contribution in [2.75, 3.05) is 11.9 Å². The molecule has 4 aromatic rings. The van der Waals surface area contributed by atoms with Gasteiger partial charge in [-0.2, -0.15) is 5.10 Å². The molecule has 2 heterocycles. The Morgan fingerprint density at radius 3 is 2.76 bits per heavy atom. The Bertz CT molecular complexity index is 1260. The van der Waals surface area contributed by atoms with E-state index in [1.54, 1.807) is 23.6 Å². The third-order valence-electron chi connectivity index (χ3n) is 4.38. The Morgan fingerprint density at radius 1 is 1.18 bits per heavy atom. The van der Waals surface area contributed by atoms with E-state index in [0.29, 0.717) is 27.2 Å². The van der Waals surface area contributed by atoms with Crippen LogP contribution in [0.3, 0.4) is 0 Å². The molecule has 0 saturated heterocycles. The van der Waals surface area contributed by atoms with Crippen molar-refractivity contribution in [2.24, 2.45) is 0 Å². The maximum absolute atomic E-state index is 12.4. The molecule has 2 aromatic heterocycles. The summed E-state index contributed by atoms with van der Waals surface area (Å²) in [6.07, 6.45) is 2.86. The number of amides is 1. The van der Waals surface area contributed by atoms with Crippen LogP contribution < -0.4 is 10.1 Å². The number of carbonyl (C=O) groups is 2. The number of carbonyl (C=O) groups excluding carboxylic acids is 2. The summed E-state index contributed by atoms with van der Waals surface area (Å²) in [6, 6.07) is 12.5. The summed E-state index contributed by atoms with van der Waals surface area (Å²) < 4.78 is 12.2. The van der Waals surface area contributed by atoms with Crippen molar-refractivity contribution in [1.82, 2.24) is 19.7 Å². The maximum atomic E-state index is 12.4. The van der Waals surface area contributed by atoms with Gasteiger partial charge in [0, 0.05) is 10.4 Å². The molecule has 0 fully saturated rings. The zero-order chi connectivity index (χ0) is 23.2. The lowest BCUT2D eigenvalue weighted by Gasteiger charge is -2.11. The molecular formula is C22H18ClN5O4S. The fraction of sp³-hybridized carbons (Fsp3) is 0.136. The molecular weight excluding hydrogens is 466 g/mol.